The number of benzene rings is 2. The zero-order valence-corrected chi connectivity index (χ0v) is 19.2. The van der Waals surface area contributed by atoms with Gasteiger partial charge in [-0.05, 0) is 48.6 Å². The van der Waals surface area contributed by atoms with Crippen LogP contribution in [-0.2, 0) is 25.2 Å². The molecular weight excluding hydrogens is 498 g/mol. The smallest absolute Gasteiger partial charge is 0.416 e. The van der Waals surface area contributed by atoms with E-state index < -0.39 is 23.7 Å². The van der Waals surface area contributed by atoms with Crippen LogP contribution in [0.1, 0.15) is 5.56 Å². The van der Waals surface area contributed by atoms with Crippen molar-refractivity contribution in [3.63, 3.8) is 0 Å². The largest absolute Gasteiger partial charge is 0.465 e. The standard InChI is InChI=1S/C23H16Cl2F3NO5/c1-32-21(30)16-5-3-4-10-29(19(16)22(31)33-2)14-6-8-15(9-7-14)34-20-17(24)11-13(12-18(20)25)23(26,27)28/h3-12H,1-2H3. The number of anilines is 1. The van der Waals surface area contributed by atoms with Crippen LogP contribution in [0.3, 0.4) is 0 Å². The molecule has 0 saturated carbocycles. The van der Waals surface area contributed by atoms with Crippen molar-refractivity contribution in [1.82, 2.24) is 0 Å². The number of carbonyl (C=O) groups excluding carboxylic acids is 2. The van der Waals surface area contributed by atoms with Gasteiger partial charge >= 0.3 is 18.1 Å². The van der Waals surface area contributed by atoms with Crippen molar-refractivity contribution in [1.29, 1.82) is 0 Å². The summed E-state index contributed by atoms with van der Waals surface area (Å²) in [5.41, 5.74) is -0.668. The lowest BCUT2D eigenvalue weighted by Crippen LogP contribution is -2.26. The molecule has 0 saturated heterocycles. The molecule has 0 bridgehead atoms. The summed E-state index contributed by atoms with van der Waals surface area (Å²) in [6, 6.07) is 7.50. The number of carbonyl (C=O) groups is 2. The number of nitrogens with zero attached hydrogens (tertiary/aromatic N) is 1. The highest BCUT2D eigenvalue weighted by molar-refractivity contribution is 6.37. The van der Waals surface area contributed by atoms with Crippen molar-refractivity contribution in [3.05, 3.63) is 87.7 Å². The summed E-state index contributed by atoms with van der Waals surface area (Å²) in [6.07, 6.45) is 1.50. The Balaban J connectivity index is 1.95. The molecular formula is C23H16Cl2F3NO5. The molecule has 34 heavy (non-hydrogen) atoms. The Kier molecular flexibility index (Phi) is 7.58. The van der Waals surface area contributed by atoms with Gasteiger partial charge < -0.3 is 19.1 Å². The number of ether oxygens (including phenoxy) is 3. The average molecular weight is 514 g/mol. The summed E-state index contributed by atoms with van der Waals surface area (Å²) in [5, 5.41) is -0.631. The third-order valence-corrected chi connectivity index (χ3v) is 5.11. The minimum Gasteiger partial charge on any atom is -0.465 e. The normalized spacial score (nSPS) is 13.6. The zero-order valence-electron chi connectivity index (χ0n) is 17.7. The zero-order chi connectivity index (χ0) is 25.0. The summed E-state index contributed by atoms with van der Waals surface area (Å²) in [7, 11) is 2.36. The predicted molar refractivity (Wildman–Crippen MR) is 120 cm³/mol. The van der Waals surface area contributed by atoms with Gasteiger partial charge in [0.2, 0.25) is 0 Å². The first-order chi connectivity index (χ1) is 16.1. The van der Waals surface area contributed by atoms with E-state index in [9.17, 15) is 22.8 Å². The molecule has 1 heterocycles. The van der Waals surface area contributed by atoms with Gasteiger partial charge in [-0.2, -0.15) is 13.2 Å². The second-order valence-electron chi connectivity index (χ2n) is 6.68. The van der Waals surface area contributed by atoms with Crippen LogP contribution in [0.5, 0.6) is 11.5 Å². The van der Waals surface area contributed by atoms with Gasteiger partial charge in [0.1, 0.15) is 11.4 Å². The number of allylic oxidation sites excluding steroid dienone is 2. The van der Waals surface area contributed by atoms with Crippen LogP contribution in [0.25, 0.3) is 0 Å². The Morgan fingerprint density at radius 2 is 1.50 bits per heavy atom. The number of rotatable bonds is 5. The molecule has 3 rings (SSSR count). The van der Waals surface area contributed by atoms with Gasteiger partial charge in [0.05, 0.1) is 35.4 Å². The van der Waals surface area contributed by atoms with Crippen molar-refractivity contribution in [3.8, 4) is 11.5 Å². The molecule has 1 aliphatic heterocycles. The van der Waals surface area contributed by atoms with Gasteiger partial charge in [-0.15, -0.1) is 0 Å². The second kappa shape index (κ2) is 10.2. The Bertz CT molecular complexity index is 1180. The summed E-state index contributed by atoms with van der Waals surface area (Å²) < 4.78 is 54.0. The molecule has 2 aromatic rings. The molecule has 2 aromatic carbocycles. The molecule has 6 nitrogen and oxygen atoms in total. The number of hydrogen-bond donors (Lipinski definition) is 0. The summed E-state index contributed by atoms with van der Waals surface area (Å²) in [4.78, 5) is 26.1. The maximum Gasteiger partial charge on any atom is 0.416 e. The van der Waals surface area contributed by atoms with E-state index >= 15 is 0 Å². The van der Waals surface area contributed by atoms with Crippen molar-refractivity contribution < 1.29 is 37.0 Å². The van der Waals surface area contributed by atoms with E-state index in [1.54, 1.807) is 24.3 Å². The topological polar surface area (TPSA) is 65.1 Å². The van der Waals surface area contributed by atoms with Gasteiger partial charge in [-0.25, -0.2) is 9.59 Å². The lowest BCUT2D eigenvalue weighted by atomic mass is 10.1. The molecule has 0 N–H and O–H groups in total. The fraction of sp³-hybridized carbons (Fsp3) is 0.130. The summed E-state index contributed by atoms with van der Waals surface area (Å²) in [6.45, 7) is 0. The van der Waals surface area contributed by atoms with Crippen molar-refractivity contribution in [2.45, 2.75) is 6.18 Å². The fourth-order valence-electron chi connectivity index (χ4n) is 2.98. The molecule has 0 spiro atoms. The van der Waals surface area contributed by atoms with Crippen LogP contribution in [0.2, 0.25) is 10.0 Å². The van der Waals surface area contributed by atoms with Crippen LogP contribution in [-0.4, -0.2) is 26.2 Å². The molecule has 1 aliphatic rings. The summed E-state index contributed by atoms with van der Waals surface area (Å²) >= 11 is 11.9. The molecule has 0 fully saturated rings. The number of hydrogen-bond acceptors (Lipinski definition) is 6. The summed E-state index contributed by atoms with van der Waals surface area (Å²) in [5.74, 6) is -1.45. The molecule has 178 valence electrons. The first-order valence-electron chi connectivity index (χ1n) is 9.46. The SMILES string of the molecule is COC(=O)C1=C(C(=O)OC)N(c2ccc(Oc3c(Cl)cc(C(F)(F)F)cc3Cl)cc2)C=CC=C1. The van der Waals surface area contributed by atoms with E-state index in [0.29, 0.717) is 17.8 Å². The van der Waals surface area contributed by atoms with Gasteiger partial charge in [0.15, 0.2) is 5.75 Å². The fourth-order valence-corrected chi connectivity index (χ4v) is 3.54. The van der Waals surface area contributed by atoms with Gasteiger partial charge in [0, 0.05) is 11.9 Å². The van der Waals surface area contributed by atoms with E-state index in [4.69, 9.17) is 37.4 Å². The van der Waals surface area contributed by atoms with Crippen LogP contribution in [0.15, 0.2) is 72.1 Å². The number of halogens is 5. The lowest BCUT2D eigenvalue weighted by molar-refractivity contribution is -0.139. The lowest BCUT2D eigenvalue weighted by Gasteiger charge is -2.23. The minimum absolute atomic E-state index is 0.0250. The van der Waals surface area contributed by atoms with Crippen LogP contribution in [0, 0.1) is 0 Å². The monoisotopic (exact) mass is 513 g/mol. The van der Waals surface area contributed by atoms with Gasteiger partial charge in [-0.3, -0.25) is 0 Å². The highest BCUT2D eigenvalue weighted by Gasteiger charge is 2.32. The van der Waals surface area contributed by atoms with E-state index in [1.807, 2.05) is 0 Å². The highest BCUT2D eigenvalue weighted by atomic mass is 35.5. The first kappa shape index (κ1) is 25.2. The Hall–Kier alpha value is -3.43. The van der Waals surface area contributed by atoms with E-state index in [2.05, 4.69) is 0 Å². The van der Waals surface area contributed by atoms with Gasteiger partial charge in [0.25, 0.3) is 0 Å². The molecule has 0 radical (unpaired) electrons. The predicted octanol–water partition coefficient (Wildman–Crippen LogP) is 6.29. The first-order valence-corrected chi connectivity index (χ1v) is 10.2. The highest BCUT2D eigenvalue weighted by Crippen LogP contribution is 2.42. The quantitative estimate of drug-likeness (QED) is 0.437. The third-order valence-electron chi connectivity index (χ3n) is 4.55. The molecule has 0 unspecified atom stereocenters. The van der Waals surface area contributed by atoms with Gasteiger partial charge in [-0.1, -0.05) is 29.3 Å². The maximum atomic E-state index is 12.9. The number of alkyl halides is 3. The van der Waals surface area contributed by atoms with Crippen molar-refractivity contribution >= 4 is 40.8 Å². The van der Waals surface area contributed by atoms with E-state index in [-0.39, 0.29) is 32.8 Å². The maximum absolute atomic E-state index is 12.9. The van der Waals surface area contributed by atoms with Crippen LogP contribution >= 0.6 is 23.2 Å². The molecule has 0 aliphatic carbocycles. The molecule has 11 heteroatoms. The minimum atomic E-state index is -4.61. The van der Waals surface area contributed by atoms with Crippen LogP contribution < -0.4 is 9.64 Å². The Morgan fingerprint density at radius 3 is 2.03 bits per heavy atom. The Labute approximate surface area is 202 Å². The second-order valence-corrected chi connectivity index (χ2v) is 7.49. The van der Waals surface area contributed by atoms with Crippen LogP contribution in [0.4, 0.5) is 18.9 Å². The van der Waals surface area contributed by atoms with Crippen molar-refractivity contribution in [2.75, 3.05) is 19.1 Å². The Morgan fingerprint density at radius 1 is 0.912 bits per heavy atom. The number of methoxy groups -OCH3 is 2. The van der Waals surface area contributed by atoms with E-state index in [1.165, 1.54) is 43.5 Å². The molecule has 0 atom stereocenters. The van der Waals surface area contributed by atoms with E-state index in [0.717, 1.165) is 0 Å². The third kappa shape index (κ3) is 5.37. The average Bonchev–Trinajstić information content (AvgIpc) is 3.03. The molecule has 0 aromatic heterocycles. The molecule has 0 amide bonds. The van der Waals surface area contributed by atoms with Crippen molar-refractivity contribution in [2.24, 2.45) is 0 Å². The number of esters is 2.